The summed E-state index contributed by atoms with van der Waals surface area (Å²) >= 11 is 0. The van der Waals surface area contributed by atoms with E-state index in [9.17, 15) is 9.59 Å². The predicted octanol–water partition coefficient (Wildman–Crippen LogP) is 1.80. The smallest absolute Gasteiger partial charge is 0.407 e. The molecule has 6 heteroatoms. The van der Waals surface area contributed by atoms with Gasteiger partial charge in [-0.15, -0.1) is 0 Å². The highest BCUT2D eigenvalue weighted by Crippen LogP contribution is 2.28. The monoisotopic (exact) mass is 325 g/mol. The quantitative estimate of drug-likeness (QED) is 0.624. The summed E-state index contributed by atoms with van der Waals surface area (Å²) < 4.78 is 5.27. The highest BCUT2D eigenvalue weighted by molar-refractivity contribution is 5.80. The maximum absolute atomic E-state index is 11.7. The second-order valence-electron chi connectivity index (χ2n) is 7.70. The van der Waals surface area contributed by atoms with Crippen molar-refractivity contribution in [1.29, 1.82) is 0 Å². The maximum atomic E-state index is 11.7. The molecule has 0 aromatic rings. The van der Waals surface area contributed by atoms with Crippen molar-refractivity contribution in [2.75, 3.05) is 19.6 Å². The molecule has 132 valence electrons. The molecule has 2 aliphatic carbocycles. The normalized spacial score (nSPS) is 24.3. The molecule has 2 unspecified atom stereocenters. The van der Waals surface area contributed by atoms with Gasteiger partial charge in [0.1, 0.15) is 5.60 Å². The summed E-state index contributed by atoms with van der Waals surface area (Å²) in [7, 11) is 0. The van der Waals surface area contributed by atoms with Crippen molar-refractivity contribution >= 4 is 12.0 Å². The van der Waals surface area contributed by atoms with E-state index in [2.05, 4.69) is 16.0 Å². The van der Waals surface area contributed by atoms with Gasteiger partial charge in [0, 0.05) is 31.6 Å². The van der Waals surface area contributed by atoms with Gasteiger partial charge in [0.25, 0.3) is 0 Å². The van der Waals surface area contributed by atoms with E-state index in [0.717, 1.165) is 32.2 Å². The van der Waals surface area contributed by atoms with Gasteiger partial charge in [-0.3, -0.25) is 4.79 Å². The molecule has 23 heavy (non-hydrogen) atoms. The van der Waals surface area contributed by atoms with Crippen LogP contribution in [0.5, 0.6) is 0 Å². The van der Waals surface area contributed by atoms with Crippen molar-refractivity contribution in [3.8, 4) is 0 Å². The molecule has 0 aromatic heterocycles. The van der Waals surface area contributed by atoms with Crippen LogP contribution in [0.1, 0.15) is 52.9 Å². The van der Waals surface area contributed by atoms with E-state index in [0.29, 0.717) is 25.0 Å². The van der Waals surface area contributed by atoms with Gasteiger partial charge < -0.3 is 20.7 Å². The molecule has 2 fully saturated rings. The molecule has 2 rings (SSSR count). The molecule has 0 aromatic carbocycles. The summed E-state index contributed by atoms with van der Waals surface area (Å²) in [5.74, 6) is 0.898. The first-order valence-corrected chi connectivity index (χ1v) is 8.83. The van der Waals surface area contributed by atoms with Gasteiger partial charge in [-0.05, 0) is 52.4 Å². The third kappa shape index (κ3) is 6.77. The van der Waals surface area contributed by atoms with E-state index in [1.807, 2.05) is 20.8 Å². The van der Waals surface area contributed by atoms with Crippen LogP contribution in [0.2, 0.25) is 0 Å². The van der Waals surface area contributed by atoms with Gasteiger partial charge in [0.15, 0.2) is 0 Å². The van der Waals surface area contributed by atoms with Crippen LogP contribution in [0.15, 0.2) is 0 Å². The molecule has 0 aliphatic heterocycles. The first kappa shape index (κ1) is 18.0. The zero-order valence-corrected chi connectivity index (χ0v) is 14.6. The summed E-state index contributed by atoms with van der Waals surface area (Å²) in [6, 6.07) is 0.405. The number of nitrogens with one attached hydrogen (secondary N) is 3. The van der Waals surface area contributed by atoms with Gasteiger partial charge in [0.05, 0.1) is 0 Å². The van der Waals surface area contributed by atoms with Crippen molar-refractivity contribution in [3.63, 3.8) is 0 Å². The van der Waals surface area contributed by atoms with E-state index >= 15 is 0 Å². The lowest BCUT2D eigenvalue weighted by Gasteiger charge is -2.23. The Balaban J connectivity index is 1.60. The summed E-state index contributed by atoms with van der Waals surface area (Å²) in [6.45, 7) is 7.69. The molecule has 3 N–H and O–H groups in total. The molecule has 0 spiro atoms. The minimum absolute atomic E-state index is 0.196. The Bertz CT molecular complexity index is 416. The molecule has 0 radical (unpaired) electrons. The van der Waals surface area contributed by atoms with Crippen LogP contribution in [0.25, 0.3) is 0 Å². The van der Waals surface area contributed by atoms with E-state index < -0.39 is 5.60 Å². The molecule has 2 amide bonds. The molecule has 2 aliphatic rings. The van der Waals surface area contributed by atoms with Crippen LogP contribution in [0, 0.1) is 11.8 Å². The Labute approximate surface area is 139 Å². The Kier molecular flexibility index (Phi) is 6.27. The molecule has 0 heterocycles. The SMILES string of the molecule is CC(C)(C)OC(=O)NCC1CCCC1NCCNC(=O)C1CC1. The van der Waals surface area contributed by atoms with Crippen molar-refractivity contribution in [2.45, 2.75) is 64.5 Å². The van der Waals surface area contributed by atoms with Crippen LogP contribution in [-0.2, 0) is 9.53 Å². The first-order valence-electron chi connectivity index (χ1n) is 8.83. The minimum atomic E-state index is -0.461. The fraction of sp³-hybridized carbons (Fsp3) is 0.882. The molecule has 2 atom stereocenters. The molecule has 6 nitrogen and oxygen atoms in total. The Morgan fingerprint density at radius 1 is 1.04 bits per heavy atom. The van der Waals surface area contributed by atoms with Crippen molar-refractivity contribution < 1.29 is 14.3 Å². The lowest BCUT2D eigenvalue weighted by molar-refractivity contribution is -0.122. The second-order valence-corrected chi connectivity index (χ2v) is 7.70. The van der Waals surface area contributed by atoms with Gasteiger partial charge in [-0.1, -0.05) is 6.42 Å². The van der Waals surface area contributed by atoms with Crippen LogP contribution in [-0.4, -0.2) is 43.3 Å². The number of hydrogen-bond donors (Lipinski definition) is 3. The average Bonchev–Trinajstić information content (AvgIpc) is 3.20. The van der Waals surface area contributed by atoms with E-state index in [-0.39, 0.29) is 17.9 Å². The fourth-order valence-corrected chi connectivity index (χ4v) is 3.01. The van der Waals surface area contributed by atoms with Gasteiger partial charge in [-0.25, -0.2) is 4.79 Å². The summed E-state index contributed by atoms with van der Waals surface area (Å²) in [6.07, 6.45) is 5.15. The maximum Gasteiger partial charge on any atom is 0.407 e. The first-order chi connectivity index (χ1) is 10.8. The Hall–Kier alpha value is -1.30. The number of amides is 2. The third-order valence-corrected chi connectivity index (χ3v) is 4.35. The highest BCUT2D eigenvalue weighted by Gasteiger charge is 2.30. The minimum Gasteiger partial charge on any atom is -0.444 e. The van der Waals surface area contributed by atoms with E-state index in [4.69, 9.17) is 4.74 Å². The molecular formula is C17H31N3O3. The van der Waals surface area contributed by atoms with Crippen LogP contribution < -0.4 is 16.0 Å². The number of hydrogen-bond acceptors (Lipinski definition) is 4. The number of rotatable bonds is 7. The molecule has 0 bridgehead atoms. The Morgan fingerprint density at radius 3 is 2.43 bits per heavy atom. The van der Waals surface area contributed by atoms with Crippen LogP contribution >= 0.6 is 0 Å². The second kappa shape index (κ2) is 7.99. The third-order valence-electron chi connectivity index (χ3n) is 4.35. The lowest BCUT2D eigenvalue weighted by Crippen LogP contribution is -2.43. The van der Waals surface area contributed by atoms with Gasteiger partial charge in [0.2, 0.25) is 5.91 Å². The number of alkyl carbamates (subject to hydrolysis) is 1. The zero-order chi connectivity index (χ0) is 16.9. The number of ether oxygens (including phenoxy) is 1. The topological polar surface area (TPSA) is 79.5 Å². The molecular weight excluding hydrogens is 294 g/mol. The highest BCUT2D eigenvalue weighted by atomic mass is 16.6. The van der Waals surface area contributed by atoms with Gasteiger partial charge in [-0.2, -0.15) is 0 Å². The van der Waals surface area contributed by atoms with E-state index in [1.54, 1.807) is 0 Å². The van der Waals surface area contributed by atoms with Crippen molar-refractivity contribution in [2.24, 2.45) is 11.8 Å². The average molecular weight is 325 g/mol. The lowest BCUT2D eigenvalue weighted by atomic mass is 10.0. The van der Waals surface area contributed by atoms with Crippen molar-refractivity contribution in [3.05, 3.63) is 0 Å². The number of carbonyl (C=O) groups excluding carboxylic acids is 2. The molecule has 0 saturated heterocycles. The van der Waals surface area contributed by atoms with Gasteiger partial charge >= 0.3 is 6.09 Å². The van der Waals surface area contributed by atoms with Crippen LogP contribution in [0.3, 0.4) is 0 Å². The van der Waals surface area contributed by atoms with E-state index in [1.165, 1.54) is 6.42 Å². The summed E-state index contributed by atoms with van der Waals surface area (Å²) in [4.78, 5) is 23.3. The van der Waals surface area contributed by atoms with Crippen LogP contribution in [0.4, 0.5) is 4.79 Å². The predicted molar refractivity (Wildman–Crippen MR) is 89.1 cm³/mol. The standard InChI is InChI=1S/C17H31N3O3/c1-17(2,3)23-16(22)20-11-13-5-4-6-14(13)18-9-10-19-15(21)12-7-8-12/h12-14,18H,4-11H2,1-3H3,(H,19,21)(H,20,22). The zero-order valence-electron chi connectivity index (χ0n) is 14.6. The largest absolute Gasteiger partial charge is 0.444 e. The fourth-order valence-electron chi connectivity index (χ4n) is 3.01. The van der Waals surface area contributed by atoms with Crippen molar-refractivity contribution in [1.82, 2.24) is 16.0 Å². The Morgan fingerprint density at radius 2 is 1.78 bits per heavy atom. The summed E-state index contributed by atoms with van der Waals surface area (Å²) in [5, 5.41) is 9.35. The number of carbonyl (C=O) groups is 2. The molecule has 2 saturated carbocycles. The summed E-state index contributed by atoms with van der Waals surface area (Å²) in [5.41, 5.74) is -0.461.